The second-order valence-corrected chi connectivity index (χ2v) is 5.57. The molecule has 6 unspecified atom stereocenters. The minimum Gasteiger partial charge on any atom is -0.852 e. The van der Waals surface area contributed by atoms with Crippen LogP contribution in [0.4, 0.5) is 0 Å². The van der Waals surface area contributed by atoms with Gasteiger partial charge in [-0.15, -0.1) is 36.6 Å². The Morgan fingerprint density at radius 2 is 0.478 bits per heavy atom. The van der Waals surface area contributed by atoms with Crippen LogP contribution in [-0.2, 0) is 0 Å². The van der Waals surface area contributed by atoms with Gasteiger partial charge in [-0.2, -0.15) is 0 Å². The molecule has 0 fully saturated rings. The van der Waals surface area contributed by atoms with Crippen molar-refractivity contribution in [1.29, 1.82) is 0 Å². The summed E-state index contributed by atoms with van der Waals surface area (Å²) < 4.78 is 0. The van der Waals surface area contributed by atoms with E-state index in [4.69, 9.17) is 0 Å². The summed E-state index contributed by atoms with van der Waals surface area (Å²) in [7, 11) is 0. The third kappa shape index (κ3) is 59.0. The van der Waals surface area contributed by atoms with Gasteiger partial charge < -0.3 is 30.6 Å². The average molecular weight is 595 g/mol. The summed E-state index contributed by atoms with van der Waals surface area (Å²) in [6.07, 6.45) is -3.38. The molecule has 0 aromatic heterocycles. The Bertz CT molecular complexity index is 149. The molecule has 0 aliphatic carbocycles. The first kappa shape index (κ1) is 36.4. The van der Waals surface area contributed by atoms with E-state index in [0.29, 0.717) is 0 Å². The molecule has 0 N–H and O–H groups in total. The summed E-state index contributed by atoms with van der Waals surface area (Å²) in [5, 5.41) is 60.8. The van der Waals surface area contributed by atoms with Crippen LogP contribution in [0.5, 0.6) is 0 Å². The van der Waals surface area contributed by atoms with Gasteiger partial charge in [0.1, 0.15) is 0 Å². The second-order valence-electron chi connectivity index (χ2n) is 5.57. The van der Waals surface area contributed by atoms with Crippen LogP contribution in [0.3, 0.4) is 0 Å². The molecule has 0 saturated heterocycles. The summed E-state index contributed by atoms with van der Waals surface area (Å²) in [5.41, 5.74) is 0. The van der Waals surface area contributed by atoms with E-state index in [0.717, 1.165) is 0 Å². The number of rotatable bonds is 6. The van der Waals surface area contributed by atoms with Crippen molar-refractivity contribution in [3.63, 3.8) is 0 Å². The molecule has 0 aromatic rings. The number of hydrogen-bond acceptors (Lipinski definition) is 6. The molecular formula is C15H30Nd2O6. The molecule has 0 heterocycles. The molecule has 0 amide bonds. The maximum Gasteiger partial charge on any atom is 3.00 e. The molecule has 0 spiro atoms. The molecule has 23 heavy (non-hydrogen) atoms. The van der Waals surface area contributed by atoms with Crippen molar-refractivity contribution in [2.75, 3.05) is 0 Å². The van der Waals surface area contributed by atoms with Crippen LogP contribution >= 0.6 is 0 Å². The monoisotopic (exact) mass is 590 g/mol. The summed E-state index contributed by atoms with van der Waals surface area (Å²) in [6.45, 7) is 9.05. The molecule has 0 saturated carbocycles. The maximum absolute atomic E-state index is 10.1. The smallest absolute Gasteiger partial charge is 0.852 e. The fourth-order valence-corrected chi connectivity index (χ4v) is 1.40. The van der Waals surface area contributed by atoms with Crippen LogP contribution in [0.2, 0.25) is 0 Å². The van der Waals surface area contributed by atoms with E-state index in [1.54, 1.807) is 0 Å². The van der Waals surface area contributed by atoms with Crippen molar-refractivity contribution < 1.29 is 112 Å². The zero-order chi connectivity index (χ0) is 17.6. The Labute approximate surface area is 207 Å². The molecule has 8 heteroatoms. The molecule has 0 rings (SSSR count). The molecule has 0 aliphatic rings. The summed E-state index contributed by atoms with van der Waals surface area (Å²) in [4.78, 5) is 0. The topological polar surface area (TPSA) is 138 Å². The fourth-order valence-electron chi connectivity index (χ4n) is 1.40. The third-order valence-corrected chi connectivity index (χ3v) is 1.99. The van der Waals surface area contributed by atoms with E-state index in [2.05, 4.69) is 0 Å². The molecule has 0 bridgehead atoms. The summed E-state index contributed by atoms with van der Waals surface area (Å²) >= 11 is 0. The predicted molar refractivity (Wildman–Crippen MR) is 70.6 cm³/mol. The van der Waals surface area contributed by atoms with E-state index in [9.17, 15) is 30.6 Å². The zero-order valence-corrected chi connectivity index (χ0v) is 21.5. The van der Waals surface area contributed by atoms with Crippen molar-refractivity contribution >= 4 is 0 Å². The zero-order valence-electron chi connectivity index (χ0n) is 15.0. The van der Waals surface area contributed by atoms with Gasteiger partial charge in [-0.05, 0) is 0 Å². The second kappa shape index (κ2) is 24.5. The van der Waals surface area contributed by atoms with E-state index in [1.165, 1.54) is 41.5 Å². The van der Waals surface area contributed by atoms with Gasteiger partial charge in [-0.25, -0.2) is 0 Å². The fraction of sp³-hybridized carbons (Fsp3) is 1.00. The van der Waals surface area contributed by atoms with E-state index >= 15 is 0 Å². The minimum absolute atomic E-state index is 0. The summed E-state index contributed by atoms with van der Waals surface area (Å²) in [6, 6.07) is 0. The first-order valence-corrected chi connectivity index (χ1v) is 7.33. The van der Waals surface area contributed by atoms with Gasteiger partial charge in [0, 0.05) is 0 Å². The molecule has 6 atom stereocenters. The van der Waals surface area contributed by atoms with Crippen molar-refractivity contribution in [2.24, 2.45) is 0 Å². The van der Waals surface area contributed by atoms with Crippen LogP contribution in [-0.4, -0.2) is 36.6 Å². The van der Waals surface area contributed by atoms with Crippen molar-refractivity contribution in [3.05, 3.63) is 0 Å². The van der Waals surface area contributed by atoms with Crippen LogP contribution in [0.25, 0.3) is 0 Å². The van der Waals surface area contributed by atoms with E-state index in [1.807, 2.05) is 0 Å². The molecular weight excluding hydrogens is 565 g/mol. The Morgan fingerprint density at radius 1 is 0.391 bits per heavy atom. The van der Waals surface area contributed by atoms with E-state index < -0.39 is 36.6 Å². The molecule has 6 nitrogen and oxygen atoms in total. The van der Waals surface area contributed by atoms with Crippen LogP contribution in [0.1, 0.15) is 60.8 Å². The Kier molecular flexibility index (Phi) is 38.7. The van der Waals surface area contributed by atoms with Crippen LogP contribution in [0, 0.1) is 81.7 Å². The summed E-state index contributed by atoms with van der Waals surface area (Å²) in [5.74, 6) is 0. The average Bonchev–Trinajstić information content (AvgIpc) is 2.10. The quantitative estimate of drug-likeness (QED) is 0.315. The largest absolute Gasteiger partial charge is 3.00 e. The number of hydrogen-bond donors (Lipinski definition) is 0. The molecule has 0 aromatic carbocycles. The molecule has 134 valence electrons. The SMILES string of the molecule is CC([O-])CC(C)[O-].CC([O-])CC(C)[O-].CC([O-])CC(C)[O-].[Nd+3].[Nd+3]. The molecule has 0 aliphatic heterocycles. The van der Waals surface area contributed by atoms with Gasteiger partial charge in [0.15, 0.2) is 0 Å². The standard InChI is InChI=1S/3C5H10O2.2Nd/c3*1-4(6)3-5(2)7;;/h3*4-5H,3H2,1-2H3;;/q3*-2;2*+3. The van der Waals surface area contributed by atoms with Gasteiger partial charge in [0.25, 0.3) is 0 Å². The first-order chi connectivity index (χ1) is 9.38. The van der Waals surface area contributed by atoms with Crippen molar-refractivity contribution in [3.8, 4) is 0 Å². The van der Waals surface area contributed by atoms with Gasteiger partial charge in [-0.1, -0.05) is 60.8 Å². The van der Waals surface area contributed by atoms with Gasteiger partial charge in [-0.3, -0.25) is 0 Å². The van der Waals surface area contributed by atoms with Crippen LogP contribution < -0.4 is 30.6 Å². The first-order valence-electron chi connectivity index (χ1n) is 7.33. The Morgan fingerprint density at radius 3 is 0.478 bits per heavy atom. The van der Waals surface area contributed by atoms with Crippen LogP contribution in [0.15, 0.2) is 0 Å². The minimum atomic E-state index is -0.688. The Hall–Kier alpha value is 2.46. The normalized spacial score (nSPS) is 17.2. The van der Waals surface area contributed by atoms with E-state index in [-0.39, 0.29) is 101 Å². The van der Waals surface area contributed by atoms with Gasteiger partial charge >= 0.3 is 81.7 Å². The van der Waals surface area contributed by atoms with Crippen molar-refractivity contribution in [2.45, 2.75) is 97.4 Å². The third-order valence-electron chi connectivity index (χ3n) is 1.99. The van der Waals surface area contributed by atoms with Crippen molar-refractivity contribution in [1.82, 2.24) is 0 Å². The Balaban J connectivity index is -0.0000000675. The predicted octanol–water partition coefficient (Wildman–Crippen LogP) is -3.38. The maximum atomic E-state index is 10.1. The van der Waals surface area contributed by atoms with Gasteiger partial charge in [0.05, 0.1) is 0 Å². The van der Waals surface area contributed by atoms with Gasteiger partial charge in [0.2, 0.25) is 0 Å². The molecule has 2 radical (unpaired) electrons.